The summed E-state index contributed by atoms with van der Waals surface area (Å²) in [7, 11) is -4.22. The van der Waals surface area contributed by atoms with Gasteiger partial charge in [0.05, 0.1) is 17.2 Å². The maximum atomic E-state index is 13.4. The minimum atomic E-state index is -4.22. The number of hydrogen-bond acceptors (Lipinski definition) is 5. The van der Waals surface area contributed by atoms with E-state index in [2.05, 4.69) is 15.9 Å². The number of anilines is 1. The molecule has 0 aliphatic carbocycles. The molecule has 0 spiro atoms. The summed E-state index contributed by atoms with van der Waals surface area (Å²) in [6, 6.07) is 17.1. The van der Waals surface area contributed by atoms with Crippen LogP contribution in [0.1, 0.15) is 12.5 Å². The van der Waals surface area contributed by atoms with Gasteiger partial charge in [-0.2, -0.15) is 4.31 Å². The molecule has 0 aliphatic heterocycles. The van der Waals surface area contributed by atoms with Gasteiger partial charge in [-0.15, -0.1) is 0 Å². The van der Waals surface area contributed by atoms with E-state index in [1.807, 2.05) is 13.8 Å². The van der Waals surface area contributed by atoms with Gasteiger partial charge in [-0.3, -0.25) is 4.79 Å². The van der Waals surface area contributed by atoms with E-state index in [1.54, 1.807) is 30.3 Å². The first kappa shape index (κ1) is 24.1. The smallest absolute Gasteiger partial charge is 0.278 e. The van der Waals surface area contributed by atoms with E-state index in [-0.39, 0.29) is 10.6 Å². The molecule has 0 heterocycles. The SMILES string of the molecule is CCOc1ccc(N(C(=O)COc2ccc(Br)c(C)c2)S(=O)(=O)c2ccc(Cl)cc2)cc1. The molecule has 0 saturated heterocycles. The van der Waals surface area contributed by atoms with E-state index in [4.69, 9.17) is 21.1 Å². The van der Waals surface area contributed by atoms with Gasteiger partial charge in [0.2, 0.25) is 0 Å². The predicted octanol–water partition coefficient (Wildman–Crippen LogP) is 5.61. The molecule has 0 N–H and O–H groups in total. The van der Waals surface area contributed by atoms with Gasteiger partial charge in [-0.25, -0.2) is 8.42 Å². The van der Waals surface area contributed by atoms with Crippen LogP contribution < -0.4 is 13.8 Å². The average molecular weight is 539 g/mol. The molecule has 0 atom stereocenters. The summed E-state index contributed by atoms with van der Waals surface area (Å²) in [5.41, 5.74) is 1.09. The molecule has 1 amide bonds. The van der Waals surface area contributed by atoms with Crippen LogP contribution in [0.4, 0.5) is 5.69 Å². The number of carbonyl (C=O) groups excluding carboxylic acids is 1. The summed E-state index contributed by atoms with van der Waals surface area (Å²) in [5, 5.41) is 0.386. The highest BCUT2D eigenvalue weighted by Gasteiger charge is 2.31. The Morgan fingerprint density at radius 1 is 0.969 bits per heavy atom. The number of halogens is 2. The molecule has 0 unspecified atom stereocenters. The third kappa shape index (κ3) is 5.62. The summed E-state index contributed by atoms with van der Waals surface area (Å²) < 4.78 is 39.4. The molecule has 3 rings (SSSR count). The number of amides is 1. The fourth-order valence-electron chi connectivity index (χ4n) is 2.88. The molecule has 3 aromatic rings. The van der Waals surface area contributed by atoms with Gasteiger partial charge in [-0.1, -0.05) is 27.5 Å². The Hall–Kier alpha value is -2.55. The molecule has 6 nitrogen and oxygen atoms in total. The maximum Gasteiger partial charge on any atom is 0.278 e. The molecular weight excluding hydrogens is 518 g/mol. The Morgan fingerprint density at radius 3 is 2.19 bits per heavy atom. The zero-order chi connectivity index (χ0) is 23.3. The van der Waals surface area contributed by atoms with E-state index in [1.165, 1.54) is 36.4 Å². The van der Waals surface area contributed by atoms with Gasteiger partial charge in [0.15, 0.2) is 6.61 Å². The molecular formula is C23H21BrClNO5S. The summed E-state index contributed by atoms with van der Waals surface area (Å²) in [6.07, 6.45) is 0. The van der Waals surface area contributed by atoms with Crippen molar-refractivity contribution >= 4 is 49.1 Å². The summed E-state index contributed by atoms with van der Waals surface area (Å²) >= 11 is 9.30. The molecule has 0 saturated carbocycles. The van der Waals surface area contributed by atoms with Crippen molar-refractivity contribution in [3.05, 3.63) is 81.8 Å². The molecule has 3 aromatic carbocycles. The Balaban J connectivity index is 1.94. The Kier molecular flexibility index (Phi) is 7.82. The molecule has 0 fully saturated rings. The van der Waals surface area contributed by atoms with Crippen molar-refractivity contribution in [2.24, 2.45) is 0 Å². The van der Waals surface area contributed by atoms with Gasteiger partial charge in [0.1, 0.15) is 11.5 Å². The van der Waals surface area contributed by atoms with Gasteiger partial charge in [-0.05, 0) is 86.1 Å². The lowest BCUT2D eigenvalue weighted by molar-refractivity contribution is -0.119. The lowest BCUT2D eigenvalue weighted by Crippen LogP contribution is -2.40. The highest BCUT2D eigenvalue weighted by Crippen LogP contribution is 2.28. The molecule has 32 heavy (non-hydrogen) atoms. The van der Waals surface area contributed by atoms with Gasteiger partial charge >= 0.3 is 0 Å². The zero-order valence-corrected chi connectivity index (χ0v) is 20.6. The molecule has 0 aromatic heterocycles. The van der Waals surface area contributed by atoms with Crippen LogP contribution in [0, 0.1) is 6.92 Å². The number of aryl methyl sites for hydroxylation is 1. The van der Waals surface area contributed by atoms with E-state index < -0.39 is 22.5 Å². The van der Waals surface area contributed by atoms with Gasteiger partial charge < -0.3 is 9.47 Å². The second kappa shape index (κ2) is 10.4. The molecule has 0 aliphatic rings. The minimum absolute atomic E-state index is 0.0661. The summed E-state index contributed by atoms with van der Waals surface area (Å²) in [4.78, 5) is 13.1. The standard InChI is InChI=1S/C23H21BrClNO5S/c1-3-30-19-8-6-18(7-9-19)26(32(28,29)21-11-4-17(25)5-12-21)23(27)15-31-20-10-13-22(24)16(2)14-20/h4-14H,3,15H2,1-2H3. The zero-order valence-electron chi connectivity index (χ0n) is 17.4. The van der Waals surface area contributed by atoms with Crippen molar-refractivity contribution in [1.82, 2.24) is 0 Å². The van der Waals surface area contributed by atoms with Crippen LogP contribution in [0.2, 0.25) is 5.02 Å². The Morgan fingerprint density at radius 2 is 1.59 bits per heavy atom. The third-order valence-electron chi connectivity index (χ3n) is 4.45. The topological polar surface area (TPSA) is 72.9 Å². The molecule has 0 radical (unpaired) electrons. The molecule has 0 bridgehead atoms. The number of carbonyl (C=O) groups is 1. The first-order valence-corrected chi connectivity index (χ1v) is 12.3. The molecule has 168 valence electrons. The quantitative estimate of drug-likeness (QED) is 0.373. The second-order valence-corrected chi connectivity index (χ2v) is 9.82. The van der Waals surface area contributed by atoms with E-state index in [9.17, 15) is 13.2 Å². The largest absolute Gasteiger partial charge is 0.494 e. The lowest BCUT2D eigenvalue weighted by atomic mass is 10.2. The van der Waals surface area contributed by atoms with Crippen molar-refractivity contribution in [3.63, 3.8) is 0 Å². The summed E-state index contributed by atoms with van der Waals surface area (Å²) in [6.45, 7) is 3.72. The number of sulfonamides is 1. The Bertz CT molecular complexity index is 1200. The van der Waals surface area contributed by atoms with Crippen LogP contribution in [0.25, 0.3) is 0 Å². The third-order valence-corrected chi connectivity index (χ3v) is 7.36. The highest BCUT2D eigenvalue weighted by molar-refractivity contribution is 9.10. The number of nitrogens with zero attached hydrogens (tertiary/aromatic N) is 1. The van der Waals surface area contributed by atoms with Crippen molar-refractivity contribution in [2.75, 3.05) is 17.5 Å². The van der Waals surface area contributed by atoms with E-state index in [0.717, 1.165) is 14.3 Å². The Labute approximate surface area is 200 Å². The van der Waals surface area contributed by atoms with Crippen molar-refractivity contribution < 1.29 is 22.7 Å². The number of ether oxygens (including phenoxy) is 2. The normalized spacial score (nSPS) is 11.1. The van der Waals surface area contributed by atoms with Crippen molar-refractivity contribution in [1.29, 1.82) is 0 Å². The van der Waals surface area contributed by atoms with Crippen LogP contribution in [0.3, 0.4) is 0 Å². The van der Waals surface area contributed by atoms with E-state index in [0.29, 0.717) is 23.1 Å². The van der Waals surface area contributed by atoms with Gasteiger partial charge in [0, 0.05) is 9.50 Å². The van der Waals surface area contributed by atoms with Crippen LogP contribution in [0.15, 0.2) is 76.1 Å². The van der Waals surface area contributed by atoms with Crippen LogP contribution in [-0.4, -0.2) is 27.5 Å². The van der Waals surface area contributed by atoms with Crippen LogP contribution >= 0.6 is 27.5 Å². The fourth-order valence-corrected chi connectivity index (χ4v) is 4.67. The summed E-state index contributed by atoms with van der Waals surface area (Å²) in [5.74, 6) is 0.272. The highest BCUT2D eigenvalue weighted by atomic mass is 79.9. The van der Waals surface area contributed by atoms with Gasteiger partial charge in [0.25, 0.3) is 15.9 Å². The molecule has 9 heteroatoms. The number of hydrogen-bond donors (Lipinski definition) is 0. The monoisotopic (exact) mass is 537 g/mol. The first-order valence-electron chi connectivity index (χ1n) is 9.68. The first-order chi connectivity index (χ1) is 15.2. The lowest BCUT2D eigenvalue weighted by Gasteiger charge is -2.23. The van der Waals surface area contributed by atoms with Crippen molar-refractivity contribution in [2.45, 2.75) is 18.7 Å². The number of benzene rings is 3. The van der Waals surface area contributed by atoms with Crippen LogP contribution in [0.5, 0.6) is 11.5 Å². The number of rotatable bonds is 8. The predicted molar refractivity (Wildman–Crippen MR) is 128 cm³/mol. The van der Waals surface area contributed by atoms with Crippen molar-refractivity contribution in [3.8, 4) is 11.5 Å². The fraction of sp³-hybridized carbons (Fsp3) is 0.174. The van der Waals surface area contributed by atoms with Crippen LogP contribution in [-0.2, 0) is 14.8 Å². The average Bonchev–Trinajstić information content (AvgIpc) is 2.76. The minimum Gasteiger partial charge on any atom is -0.494 e. The maximum absolute atomic E-state index is 13.4. The second-order valence-electron chi connectivity index (χ2n) is 6.74. The van der Waals surface area contributed by atoms with E-state index >= 15 is 0 Å².